The Bertz CT molecular complexity index is 613. The molecular formula is C16H18N2O2. The molecule has 0 saturated carbocycles. The van der Waals surface area contributed by atoms with E-state index in [9.17, 15) is 0 Å². The highest BCUT2D eigenvalue weighted by Crippen LogP contribution is 2.32. The summed E-state index contributed by atoms with van der Waals surface area (Å²) in [6.45, 7) is 0.446. The Morgan fingerprint density at radius 2 is 2.25 bits per heavy atom. The van der Waals surface area contributed by atoms with Crippen molar-refractivity contribution in [3.63, 3.8) is 0 Å². The maximum absolute atomic E-state index is 6.03. The average Bonchev–Trinajstić information content (AvgIpc) is 2.86. The van der Waals surface area contributed by atoms with Crippen LogP contribution in [0.3, 0.4) is 0 Å². The monoisotopic (exact) mass is 270 g/mol. The van der Waals surface area contributed by atoms with Crippen LogP contribution in [0.2, 0.25) is 0 Å². The highest BCUT2D eigenvalue weighted by Gasteiger charge is 2.19. The first-order chi connectivity index (χ1) is 9.78. The van der Waals surface area contributed by atoms with Gasteiger partial charge in [0.05, 0.1) is 12.7 Å². The molecule has 0 unspecified atom stereocenters. The summed E-state index contributed by atoms with van der Waals surface area (Å²) >= 11 is 0. The van der Waals surface area contributed by atoms with Crippen LogP contribution in [-0.2, 0) is 13.0 Å². The second-order valence-electron chi connectivity index (χ2n) is 4.97. The van der Waals surface area contributed by atoms with Gasteiger partial charge in [0.1, 0.15) is 12.4 Å². The summed E-state index contributed by atoms with van der Waals surface area (Å²) in [5.41, 5.74) is 9.52. The second-order valence-corrected chi connectivity index (χ2v) is 4.97. The molecule has 0 amide bonds. The van der Waals surface area contributed by atoms with Gasteiger partial charge in [0, 0.05) is 12.2 Å². The first-order valence-electron chi connectivity index (χ1n) is 6.77. The van der Waals surface area contributed by atoms with E-state index in [1.807, 2.05) is 18.2 Å². The minimum Gasteiger partial charge on any atom is -0.489 e. The summed E-state index contributed by atoms with van der Waals surface area (Å²) in [5, 5.41) is 0. The van der Waals surface area contributed by atoms with Crippen LogP contribution < -0.4 is 15.2 Å². The number of aromatic nitrogens is 1. The number of rotatable bonds is 4. The summed E-state index contributed by atoms with van der Waals surface area (Å²) in [5.74, 6) is 1.47. The Kier molecular flexibility index (Phi) is 3.56. The molecule has 1 heterocycles. The first kappa shape index (κ1) is 12.9. The minimum atomic E-state index is 0.178. The number of benzene rings is 1. The molecule has 0 spiro atoms. The lowest BCUT2D eigenvalue weighted by atomic mass is 10.1. The molecule has 2 N–H and O–H groups in total. The quantitative estimate of drug-likeness (QED) is 0.927. The third-order valence-corrected chi connectivity index (χ3v) is 3.68. The highest BCUT2D eigenvalue weighted by molar-refractivity contribution is 5.40. The van der Waals surface area contributed by atoms with Crippen molar-refractivity contribution in [1.29, 1.82) is 0 Å². The lowest BCUT2D eigenvalue weighted by Crippen LogP contribution is -2.05. The molecule has 0 bridgehead atoms. The van der Waals surface area contributed by atoms with E-state index < -0.39 is 0 Å². The van der Waals surface area contributed by atoms with Gasteiger partial charge in [0.15, 0.2) is 0 Å². The summed E-state index contributed by atoms with van der Waals surface area (Å²) < 4.78 is 11.0. The van der Waals surface area contributed by atoms with Gasteiger partial charge in [0.25, 0.3) is 0 Å². The van der Waals surface area contributed by atoms with Crippen molar-refractivity contribution in [2.24, 2.45) is 5.73 Å². The van der Waals surface area contributed by atoms with Crippen molar-refractivity contribution in [3.8, 4) is 11.6 Å². The minimum absolute atomic E-state index is 0.178. The molecule has 2 aromatic rings. The van der Waals surface area contributed by atoms with Gasteiger partial charge in [-0.3, -0.25) is 0 Å². The van der Waals surface area contributed by atoms with Crippen molar-refractivity contribution in [1.82, 2.24) is 4.98 Å². The number of methoxy groups -OCH3 is 1. The average molecular weight is 270 g/mol. The van der Waals surface area contributed by atoms with Crippen molar-refractivity contribution in [2.45, 2.75) is 25.5 Å². The van der Waals surface area contributed by atoms with E-state index in [0.717, 1.165) is 24.2 Å². The van der Waals surface area contributed by atoms with Crippen LogP contribution in [0.25, 0.3) is 0 Å². The predicted octanol–water partition coefficient (Wildman–Crippen LogP) is 2.62. The number of fused-ring (bicyclic) bond motifs is 1. The molecule has 0 saturated heterocycles. The van der Waals surface area contributed by atoms with Crippen molar-refractivity contribution in [2.75, 3.05) is 7.11 Å². The Hall–Kier alpha value is -2.07. The van der Waals surface area contributed by atoms with E-state index in [1.54, 1.807) is 13.3 Å². The van der Waals surface area contributed by atoms with Crippen LogP contribution in [0.4, 0.5) is 0 Å². The number of nitrogens with zero attached hydrogens (tertiary/aromatic N) is 1. The molecule has 4 nitrogen and oxygen atoms in total. The maximum atomic E-state index is 6.03. The van der Waals surface area contributed by atoms with Crippen LogP contribution in [0.15, 0.2) is 36.5 Å². The molecule has 20 heavy (non-hydrogen) atoms. The van der Waals surface area contributed by atoms with E-state index in [0.29, 0.717) is 12.5 Å². The molecule has 1 aromatic heterocycles. The fraction of sp³-hybridized carbons (Fsp3) is 0.312. The van der Waals surface area contributed by atoms with Gasteiger partial charge in [-0.2, -0.15) is 0 Å². The molecule has 1 atom stereocenters. The second kappa shape index (κ2) is 5.51. The van der Waals surface area contributed by atoms with Gasteiger partial charge in [-0.1, -0.05) is 6.07 Å². The predicted molar refractivity (Wildman–Crippen MR) is 76.8 cm³/mol. The SMILES string of the molecule is COc1ncccc1COc1ccc2c(c1)CC[C@@H]2N. The topological polar surface area (TPSA) is 57.4 Å². The van der Waals surface area contributed by atoms with Gasteiger partial charge in [-0.05, 0) is 48.2 Å². The van der Waals surface area contributed by atoms with E-state index in [2.05, 4.69) is 17.1 Å². The number of pyridine rings is 1. The first-order valence-corrected chi connectivity index (χ1v) is 6.77. The Morgan fingerprint density at radius 1 is 1.35 bits per heavy atom. The standard InChI is InChI=1S/C16H18N2O2/c1-19-16-12(3-2-8-18-16)10-20-13-5-6-14-11(9-13)4-7-15(14)17/h2-3,5-6,8-9,15H,4,7,10,17H2,1H3/t15-/m0/s1. The summed E-state index contributed by atoms with van der Waals surface area (Å²) in [6, 6.07) is 10.1. The van der Waals surface area contributed by atoms with Crippen LogP contribution in [0, 0.1) is 0 Å². The van der Waals surface area contributed by atoms with Gasteiger partial charge in [0.2, 0.25) is 5.88 Å². The van der Waals surface area contributed by atoms with Gasteiger partial charge >= 0.3 is 0 Å². The molecule has 1 aromatic carbocycles. The molecule has 1 aliphatic carbocycles. The highest BCUT2D eigenvalue weighted by atomic mass is 16.5. The maximum Gasteiger partial charge on any atom is 0.219 e. The Labute approximate surface area is 118 Å². The van der Waals surface area contributed by atoms with Crippen LogP contribution in [0.1, 0.15) is 29.2 Å². The Morgan fingerprint density at radius 3 is 3.10 bits per heavy atom. The summed E-state index contributed by atoms with van der Waals surface area (Å²) in [6.07, 6.45) is 3.76. The zero-order valence-corrected chi connectivity index (χ0v) is 11.5. The van der Waals surface area contributed by atoms with E-state index >= 15 is 0 Å². The number of ether oxygens (including phenoxy) is 2. The summed E-state index contributed by atoms with van der Waals surface area (Å²) in [7, 11) is 1.61. The molecular weight excluding hydrogens is 252 g/mol. The molecule has 1 aliphatic rings. The Balaban J connectivity index is 1.73. The third kappa shape index (κ3) is 2.47. The number of hydrogen-bond donors (Lipinski definition) is 1. The molecule has 0 radical (unpaired) electrons. The van der Waals surface area contributed by atoms with Gasteiger partial charge in [-0.15, -0.1) is 0 Å². The molecule has 104 valence electrons. The van der Waals surface area contributed by atoms with E-state index in [-0.39, 0.29) is 6.04 Å². The van der Waals surface area contributed by atoms with E-state index in [1.165, 1.54) is 11.1 Å². The third-order valence-electron chi connectivity index (χ3n) is 3.68. The van der Waals surface area contributed by atoms with Gasteiger partial charge < -0.3 is 15.2 Å². The zero-order chi connectivity index (χ0) is 13.9. The smallest absolute Gasteiger partial charge is 0.219 e. The van der Waals surface area contributed by atoms with Gasteiger partial charge in [-0.25, -0.2) is 4.98 Å². The lowest BCUT2D eigenvalue weighted by molar-refractivity contribution is 0.293. The number of aryl methyl sites for hydroxylation is 1. The molecule has 4 heteroatoms. The lowest BCUT2D eigenvalue weighted by Gasteiger charge is -2.11. The number of nitrogens with two attached hydrogens (primary N) is 1. The normalized spacial score (nSPS) is 16.8. The fourth-order valence-electron chi connectivity index (χ4n) is 2.60. The fourth-order valence-corrected chi connectivity index (χ4v) is 2.60. The van der Waals surface area contributed by atoms with E-state index in [4.69, 9.17) is 15.2 Å². The van der Waals surface area contributed by atoms with Crippen LogP contribution in [-0.4, -0.2) is 12.1 Å². The molecule has 3 rings (SSSR count). The zero-order valence-electron chi connectivity index (χ0n) is 11.5. The van der Waals surface area contributed by atoms with Crippen molar-refractivity contribution in [3.05, 3.63) is 53.2 Å². The summed E-state index contributed by atoms with van der Waals surface area (Å²) in [4.78, 5) is 4.16. The largest absolute Gasteiger partial charge is 0.489 e. The van der Waals surface area contributed by atoms with Crippen LogP contribution in [0.5, 0.6) is 11.6 Å². The number of hydrogen-bond acceptors (Lipinski definition) is 4. The molecule has 0 aliphatic heterocycles. The van der Waals surface area contributed by atoms with Crippen molar-refractivity contribution >= 4 is 0 Å². The molecule has 0 fully saturated rings. The van der Waals surface area contributed by atoms with Crippen LogP contribution >= 0.6 is 0 Å². The van der Waals surface area contributed by atoms with Crippen molar-refractivity contribution < 1.29 is 9.47 Å².